The van der Waals surface area contributed by atoms with Gasteiger partial charge in [-0.1, -0.05) is 11.6 Å². The van der Waals surface area contributed by atoms with E-state index in [1.54, 1.807) is 24.3 Å². The number of nitrogens with one attached hydrogen (secondary N) is 2. The molecular weight excluding hydrogens is 406 g/mol. The van der Waals surface area contributed by atoms with Gasteiger partial charge in [0.05, 0.1) is 24.9 Å². The number of carbonyl (C=O) groups excluding carboxylic acids is 3. The molecule has 0 unspecified atom stereocenters. The Morgan fingerprint density at radius 3 is 2.47 bits per heavy atom. The van der Waals surface area contributed by atoms with E-state index in [2.05, 4.69) is 10.6 Å². The normalized spacial score (nSPS) is 13.0. The maximum Gasteiger partial charge on any atom is 0.311 e. The fraction of sp³-hybridized carbons (Fsp3) is 0.227. The minimum atomic E-state index is -0.471. The number of nitrogens with zero attached hydrogens (tertiary/aromatic N) is 1. The molecule has 0 atom stereocenters. The first-order valence-electron chi connectivity index (χ1n) is 9.29. The number of methoxy groups -OCH3 is 1. The Morgan fingerprint density at radius 2 is 1.80 bits per heavy atom. The lowest BCUT2D eigenvalue weighted by molar-refractivity contribution is -0.139. The summed E-state index contributed by atoms with van der Waals surface area (Å²) in [5.41, 5.74) is 4.16. The number of amides is 2. The molecule has 0 aliphatic carbocycles. The molecule has 2 aromatic carbocycles. The summed E-state index contributed by atoms with van der Waals surface area (Å²) in [5, 5.41) is 6.45. The van der Waals surface area contributed by atoms with Crippen LogP contribution in [-0.4, -0.2) is 31.4 Å². The van der Waals surface area contributed by atoms with Crippen LogP contribution >= 0.6 is 11.6 Å². The fourth-order valence-corrected chi connectivity index (χ4v) is 3.17. The zero-order valence-electron chi connectivity index (χ0n) is 16.9. The van der Waals surface area contributed by atoms with E-state index in [0.717, 1.165) is 11.1 Å². The van der Waals surface area contributed by atoms with Crippen molar-refractivity contribution < 1.29 is 19.1 Å². The molecule has 0 saturated carbocycles. The topological polar surface area (TPSA) is 87.7 Å². The Bertz CT molecular complexity index is 1030. The highest BCUT2D eigenvalue weighted by Gasteiger charge is 2.26. The predicted octanol–water partition coefficient (Wildman–Crippen LogP) is 3.80. The van der Waals surface area contributed by atoms with Gasteiger partial charge >= 0.3 is 5.97 Å². The highest BCUT2D eigenvalue weighted by Crippen LogP contribution is 2.33. The lowest BCUT2D eigenvalue weighted by atomic mass is 10.1. The van der Waals surface area contributed by atoms with Crippen LogP contribution in [0.1, 0.15) is 17.5 Å². The number of ether oxygens (including phenoxy) is 1. The number of hydrogen-bond donors (Lipinski definition) is 2. The molecule has 156 valence electrons. The lowest BCUT2D eigenvalue weighted by Crippen LogP contribution is -2.37. The van der Waals surface area contributed by atoms with Gasteiger partial charge in [-0.25, -0.2) is 0 Å². The lowest BCUT2D eigenvalue weighted by Gasteiger charge is -2.23. The summed E-state index contributed by atoms with van der Waals surface area (Å²) in [6.45, 7) is 3.69. The molecule has 8 heteroatoms. The molecule has 30 heavy (non-hydrogen) atoms. The Hall–Kier alpha value is -3.32. The van der Waals surface area contributed by atoms with E-state index in [9.17, 15) is 14.4 Å². The summed E-state index contributed by atoms with van der Waals surface area (Å²) < 4.78 is 4.71. The summed E-state index contributed by atoms with van der Waals surface area (Å²) >= 11 is 5.87. The maximum atomic E-state index is 12.9. The number of aryl methyl sites for hydroxylation is 2. The number of hydrogen-bond acceptors (Lipinski definition) is 5. The van der Waals surface area contributed by atoms with Crippen LogP contribution in [0.2, 0.25) is 5.02 Å². The van der Waals surface area contributed by atoms with Gasteiger partial charge in [-0.05, 0) is 61.4 Å². The molecular formula is C22H22ClN3O4. The van der Waals surface area contributed by atoms with Gasteiger partial charge < -0.3 is 15.4 Å². The van der Waals surface area contributed by atoms with E-state index in [1.165, 1.54) is 18.1 Å². The van der Waals surface area contributed by atoms with Crippen molar-refractivity contribution in [2.45, 2.75) is 20.3 Å². The molecule has 0 spiro atoms. The largest absolute Gasteiger partial charge is 0.469 e. The summed E-state index contributed by atoms with van der Waals surface area (Å²) in [7, 11) is 1.29. The molecule has 0 bridgehead atoms. The van der Waals surface area contributed by atoms with Crippen LogP contribution in [0.25, 0.3) is 0 Å². The number of anilines is 3. The molecule has 0 aromatic heterocycles. The summed E-state index contributed by atoms with van der Waals surface area (Å²) in [6, 6.07) is 10.4. The maximum absolute atomic E-state index is 12.9. The van der Waals surface area contributed by atoms with Gasteiger partial charge in [-0.15, -0.1) is 0 Å². The zero-order valence-corrected chi connectivity index (χ0v) is 17.7. The van der Waals surface area contributed by atoms with E-state index in [-0.39, 0.29) is 18.9 Å². The van der Waals surface area contributed by atoms with Crippen LogP contribution in [0, 0.1) is 13.8 Å². The molecule has 2 amide bonds. The van der Waals surface area contributed by atoms with Crippen molar-refractivity contribution >= 4 is 46.4 Å². The molecule has 0 saturated heterocycles. The van der Waals surface area contributed by atoms with Crippen LogP contribution in [0.15, 0.2) is 48.2 Å². The summed E-state index contributed by atoms with van der Waals surface area (Å²) in [6.07, 6.45) is 1.23. The number of rotatable bonds is 5. The van der Waals surface area contributed by atoms with Crippen LogP contribution in [0.4, 0.5) is 17.1 Å². The molecule has 0 radical (unpaired) electrons. The van der Waals surface area contributed by atoms with Crippen molar-refractivity contribution in [1.82, 2.24) is 0 Å². The highest BCUT2D eigenvalue weighted by atomic mass is 35.5. The van der Waals surface area contributed by atoms with Crippen LogP contribution in [0.5, 0.6) is 0 Å². The number of fused-ring (bicyclic) bond motifs is 1. The quantitative estimate of drug-likeness (QED) is 0.708. The first-order chi connectivity index (χ1) is 14.3. The average Bonchev–Trinajstić information content (AvgIpc) is 2.81. The highest BCUT2D eigenvalue weighted by molar-refractivity contribution is 6.30. The Morgan fingerprint density at radius 1 is 1.13 bits per heavy atom. The van der Waals surface area contributed by atoms with E-state index in [4.69, 9.17) is 16.3 Å². The van der Waals surface area contributed by atoms with Crippen LogP contribution in [0.3, 0.4) is 0 Å². The Balaban J connectivity index is 1.90. The van der Waals surface area contributed by atoms with Gasteiger partial charge in [-0.3, -0.25) is 19.3 Å². The van der Waals surface area contributed by atoms with Crippen molar-refractivity contribution in [3.05, 3.63) is 64.3 Å². The van der Waals surface area contributed by atoms with Crippen molar-refractivity contribution in [3.63, 3.8) is 0 Å². The standard InChI is InChI=1S/C22H22ClN3O4/c1-13-8-18-19(9-14(13)2)26(21(28)10-17(24-18)11-22(29)30-3)12-20(27)25-16-6-4-15(23)5-7-16/h4-10,24H,11-12H2,1-3H3,(H,25,27). The van der Waals surface area contributed by atoms with Gasteiger partial charge in [0.2, 0.25) is 5.91 Å². The van der Waals surface area contributed by atoms with Crippen molar-refractivity contribution in [2.75, 3.05) is 29.2 Å². The smallest absolute Gasteiger partial charge is 0.311 e. The number of benzene rings is 2. The van der Waals surface area contributed by atoms with E-state index >= 15 is 0 Å². The monoisotopic (exact) mass is 427 g/mol. The molecule has 2 N–H and O–H groups in total. The van der Waals surface area contributed by atoms with E-state index in [0.29, 0.717) is 27.8 Å². The Labute approximate surface area is 179 Å². The van der Waals surface area contributed by atoms with Crippen molar-refractivity contribution in [1.29, 1.82) is 0 Å². The minimum absolute atomic E-state index is 0.0839. The molecule has 0 fully saturated rings. The summed E-state index contributed by atoms with van der Waals surface area (Å²) in [4.78, 5) is 38.7. The third-order valence-corrected chi connectivity index (χ3v) is 5.01. The van der Waals surface area contributed by atoms with Gasteiger partial charge in [0.15, 0.2) is 0 Å². The second kappa shape index (κ2) is 9.00. The molecule has 1 heterocycles. The second-order valence-electron chi connectivity index (χ2n) is 6.98. The molecule has 2 aromatic rings. The predicted molar refractivity (Wildman–Crippen MR) is 117 cm³/mol. The zero-order chi connectivity index (χ0) is 21.8. The Kier molecular flexibility index (Phi) is 6.42. The van der Waals surface area contributed by atoms with Crippen LogP contribution < -0.4 is 15.5 Å². The van der Waals surface area contributed by atoms with Gasteiger partial charge in [-0.2, -0.15) is 0 Å². The average molecular weight is 428 g/mol. The molecule has 3 rings (SSSR count). The van der Waals surface area contributed by atoms with Crippen molar-refractivity contribution in [2.24, 2.45) is 0 Å². The van der Waals surface area contributed by atoms with Gasteiger partial charge in [0, 0.05) is 22.5 Å². The number of carbonyl (C=O) groups is 3. The number of esters is 1. The first-order valence-corrected chi connectivity index (χ1v) is 9.67. The molecule has 1 aliphatic heterocycles. The van der Waals surface area contributed by atoms with E-state index < -0.39 is 11.9 Å². The van der Waals surface area contributed by atoms with E-state index in [1.807, 2.05) is 26.0 Å². The SMILES string of the molecule is COC(=O)CC1=CC(=O)N(CC(=O)Nc2ccc(Cl)cc2)c2cc(C)c(C)cc2N1. The van der Waals surface area contributed by atoms with Gasteiger partial charge in [0.25, 0.3) is 5.91 Å². The van der Waals surface area contributed by atoms with Crippen molar-refractivity contribution in [3.8, 4) is 0 Å². The molecule has 1 aliphatic rings. The fourth-order valence-electron chi connectivity index (χ4n) is 3.04. The van der Waals surface area contributed by atoms with Gasteiger partial charge in [0.1, 0.15) is 6.54 Å². The second-order valence-corrected chi connectivity index (χ2v) is 7.42. The summed E-state index contributed by atoms with van der Waals surface area (Å²) in [5.74, 6) is -1.24. The third-order valence-electron chi connectivity index (χ3n) is 4.75. The third kappa shape index (κ3) is 4.99. The number of halogens is 1. The first kappa shape index (κ1) is 21.4. The minimum Gasteiger partial charge on any atom is -0.469 e. The van der Waals surface area contributed by atoms with Crippen LogP contribution in [-0.2, 0) is 19.1 Å². The molecule has 7 nitrogen and oxygen atoms in total.